The molecule has 5 aliphatic rings. The Hall–Kier alpha value is -0.650. The van der Waals surface area contributed by atoms with E-state index in [1.807, 2.05) is 14.1 Å². The first-order valence-corrected chi connectivity index (χ1v) is 15.0. The van der Waals surface area contributed by atoms with Crippen molar-refractivity contribution in [2.24, 2.45) is 44.8 Å². The summed E-state index contributed by atoms with van der Waals surface area (Å²) in [6, 6.07) is 0.983. The number of nitrogens with zero attached hydrogens (tertiary/aromatic N) is 1. The Morgan fingerprint density at radius 2 is 1.64 bits per heavy atom. The second-order valence-corrected chi connectivity index (χ2v) is 15.1. The van der Waals surface area contributed by atoms with E-state index >= 15 is 0 Å². The van der Waals surface area contributed by atoms with Gasteiger partial charge in [-0.1, -0.05) is 27.7 Å². The molecule has 0 heterocycles. The van der Waals surface area contributed by atoms with E-state index in [-0.39, 0.29) is 22.9 Å². The number of esters is 1. The zero-order chi connectivity index (χ0) is 26.3. The van der Waals surface area contributed by atoms with E-state index in [4.69, 9.17) is 4.74 Å². The SMILES string of the molecule is CN[C@@H](C)C1[C@H](OC(=O)CCN(C)C)C[C@@]2(C)C3CC[C@H]4C(C)(C)[C@@H](NC)CC[C@@]45C[C@@]35CC[C@]12C. The van der Waals surface area contributed by atoms with Crippen molar-refractivity contribution in [3.8, 4) is 0 Å². The molecule has 2 spiro atoms. The molecule has 0 aliphatic heterocycles. The van der Waals surface area contributed by atoms with Gasteiger partial charge in [0.15, 0.2) is 0 Å². The van der Waals surface area contributed by atoms with Gasteiger partial charge in [-0.25, -0.2) is 0 Å². The Kier molecular flexibility index (Phi) is 6.49. The standard InChI is InChI=1S/C31H55N3O2/c1-20(32-6)26-21(36-25(35)13-17-34(8)9)18-29(5)23-11-10-22-27(2,3)24(33-7)12-14-30(22)19-31(23,30)16-15-28(26,29)4/h20-24,26,32-33H,10-19H2,1-9H3/t20-,21+,22-,23?,24-,26?,28+,29-,30+,31-/m0/s1. The van der Waals surface area contributed by atoms with Crippen LogP contribution in [0.4, 0.5) is 0 Å². The van der Waals surface area contributed by atoms with Gasteiger partial charge in [0, 0.05) is 24.5 Å². The van der Waals surface area contributed by atoms with Crippen molar-refractivity contribution in [1.82, 2.24) is 15.5 Å². The molecule has 5 aliphatic carbocycles. The van der Waals surface area contributed by atoms with E-state index in [0.29, 0.717) is 40.7 Å². The largest absolute Gasteiger partial charge is 0.462 e. The van der Waals surface area contributed by atoms with Gasteiger partial charge in [0.2, 0.25) is 0 Å². The van der Waals surface area contributed by atoms with Crippen molar-refractivity contribution in [3.63, 3.8) is 0 Å². The van der Waals surface area contributed by atoms with Crippen LogP contribution in [0.2, 0.25) is 0 Å². The number of ether oxygens (including phenoxy) is 1. The number of hydrogen-bond donors (Lipinski definition) is 2. The van der Waals surface area contributed by atoms with Crippen molar-refractivity contribution in [2.45, 2.75) is 111 Å². The smallest absolute Gasteiger partial charge is 0.307 e. The third kappa shape index (κ3) is 3.40. The van der Waals surface area contributed by atoms with Gasteiger partial charge in [-0.3, -0.25) is 4.79 Å². The molecule has 10 atom stereocenters. The van der Waals surface area contributed by atoms with E-state index in [0.717, 1.165) is 24.8 Å². The van der Waals surface area contributed by atoms with Crippen LogP contribution in [0, 0.1) is 44.8 Å². The molecule has 0 amide bonds. The third-order valence-electron chi connectivity index (χ3n) is 13.6. The molecule has 0 aromatic carbocycles. The molecule has 0 radical (unpaired) electrons. The van der Waals surface area contributed by atoms with Gasteiger partial charge in [0.05, 0.1) is 6.42 Å². The molecule has 5 heteroatoms. The molecule has 2 unspecified atom stereocenters. The molecule has 36 heavy (non-hydrogen) atoms. The molecular weight excluding hydrogens is 446 g/mol. The van der Waals surface area contributed by atoms with Crippen molar-refractivity contribution >= 4 is 5.97 Å². The summed E-state index contributed by atoms with van der Waals surface area (Å²) in [6.07, 6.45) is 11.2. The molecular formula is C31H55N3O2. The summed E-state index contributed by atoms with van der Waals surface area (Å²) in [5, 5.41) is 7.28. The first kappa shape index (κ1) is 26.9. The van der Waals surface area contributed by atoms with Crippen LogP contribution in [0.1, 0.15) is 92.4 Å². The topological polar surface area (TPSA) is 53.6 Å². The number of hydrogen-bond acceptors (Lipinski definition) is 5. The Morgan fingerprint density at radius 1 is 0.972 bits per heavy atom. The van der Waals surface area contributed by atoms with E-state index in [9.17, 15) is 4.79 Å². The predicted octanol–water partition coefficient (Wildman–Crippen LogP) is 5.09. The highest BCUT2D eigenvalue weighted by atomic mass is 16.5. The van der Waals surface area contributed by atoms with Crippen LogP contribution in [0.3, 0.4) is 0 Å². The molecule has 0 bridgehead atoms. The van der Waals surface area contributed by atoms with Crippen LogP contribution in [0.15, 0.2) is 0 Å². The monoisotopic (exact) mass is 501 g/mol. The molecule has 0 aromatic heterocycles. The van der Waals surface area contributed by atoms with E-state index in [1.54, 1.807) is 0 Å². The van der Waals surface area contributed by atoms with Gasteiger partial charge in [0.1, 0.15) is 6.10 Å². The van der Waals surface area contributed by atoms with Crippen molar-refractivity contribution in [2.75, 3.05) is 34.7 Å². The molecule has 0 saturated heterocycles. The number of fused-ring (bicyclic) bond motifs is 2. The number of rotatable bonds is 7. The van der Waals surface area contributed by atoms with Crippen LogP contribution in [0.25, 0.3) is 0 Å². The van der Waals surface area contributed by atoms with Gasteiger partial charge < -0.3 is 20.3 Å². The number of carbonyl (C=O) groups is 1. The Balaban J connectivity index is 1.45. The van der Waals surface area contributed by atoms with E-state index in [2.05, 4.69) is 64.2 Å². The molecule has 5 saturated carbocycles. The minimum absolute atomic E-state index is 0.0127. The minimum Gasteiger partial charge on any atom is -0.462 e. The lowest BCUT2D eigenvalue weighted by Crippen LogP contribution is -2.59. The third-order valence-corrected chi connectivity index (χ3v) is 13.6. The minimum atomic E-state index is -0.0127. The van der Waals surface area contributed by atoms with Crippen LogP contribution in [-0.4, -0.2) is 63.8 Å². The lowest BCUT2D eigenvalue weighted by atomic mass is 9.42. The van der Waals surface area contributed by atoms with Gasteiger partial charge >= 0.3 is 5.97 Å². The first-order valence-electron chi connectivity index (χ1n) is 15.0. The summed E-state index contributed by atoms with van der Waals surface area (Å²) in [5.41, 5.74) is 1.88. The second-order valence-electron chi connectivity index (χ2n) is 15.1. The molecule has 2 N–H and O–H groups in total. The fraction of sp³-hybridized carbons (Fsp3) is 0.968. The molecule has 206 valence electrons. The zero-order valence-electron chi connectivity index (χ0n) is 24.8. The van der Waals surface area contributed by atoms with E-state index in [1.165, 1.54) is 44.9 Å². The maximum Gasteiger partial charge on any atom is 0.307 e. The van der Waals surface area contributed by atoms with Gasteiger partial charge in [0.25, 0.3) is 0 Å². The van der Waals surface area contributed by atoms with Crippen LogP contribution >= 0.6 is 0 Å². The summed E-state index contributed by atoms with van der Waals surface area (Å²) >= 11 is 0. The second kappa shape index (κ2) is 8.68. The maximum atomic E-state index is 13.0. The quantitative estimate of drug-likeness (QED) is 0.476. The Bertz CT molecular complexity index is 874. The predicted molar refractivity (Wildman–Crippen MR) is 147 cm³/mol. The van der Waals surface area contributed by atoms with Crippen LogP contribution in [0.5, 0.6) is 0 Å². The Labute approximate surface area is 221 Å². The average molecular weight is 502 g/mol. The first-order chi connectivity index (χ1) is 16.8. The summed E-state index contributed by atoms with van der Waals surface area (Å²) in [5.74, 6) is 1.96. The van der Waals surface area contributed by atoms with Crippen molar-refractivity contribution < 1.29 is 9.53 Å². The van der Waals surface area contributed by atoms with Crippen LogP contribution in [-0.2, 0) is 9.53 Å². The van der Waals surface area contributed by atoms with Crippen molar-refractivity contribution in [3.05, 3.63) is 0 Å². The molecule has 0 aromatic rings. The summed E-state index contributed by atoms with van der Waals surface area (Å²) < 4.78 is 6.40. The highest BCUT2D eigenvalue weighted by Gasteiger charge is 2.83. The Morgan fingerprint density at radius 3 is 2.28 bits per heavy atom. The fourth-order valence-corrected chi connectivity index (χ4v) is 11.7. The average Bonchev–Trinajstić information content (AvgIpc) is 3.41. The number of nitrogens with one attached hydrogen (secondary N) is 2. The van der Waals surface area contributed by atoms with Crippen LogP contribution < -0.4 is 10.6 Å². The molecule has 5 rings (SSSR count). The molecule has 5 fully saturated rings. The fourth-order valence-electron chi connectivity index (χ4n) is 11.7. The maximum absolute atomic E-state index is 13.0. The van der Waals surface area contributed by atoms with Gasteiger partial charge in [-0.2, -0.15) is 0 Å². The highest BCUT2D eigenvalue weighted by Crippen LogP contribution is 2.89. The number of carbonyl (C=O) groups excluding carboxylic acids is 1. The zero-order valence-corrected chi connectivity index (χ0v) is 24.8. The van der Waals surface area contributed by atoms with Gasteiger partial charge in [-0.15, -0.1) is 0 Å². The lowest BCUT2D eigenvalue weighted by molar-refractivity contribution is -0.153. The van der Waals surface area contributed by atoms with Crippen molar-refractivity contribution in [1.29, 1.82) is 0 Å². The normalized spacial score (nSPS) is 49.4. The summed E-state index contributed by atoms with van der Waals surface area (Å²) in [4.78, 5) is 15.0. The van der Waals surface area contributed by atoms with E-state index < -0.39 is 0 Å². The summed E-state index contributed by atoms with van der Waals surface area (Å²) in [7, 11) is 8.31. The van der Waals surface area contributed by atoms with Gasteiger partial charge in [-0.05, 0) is 125 Å². The lowest BCUT2D eigenvalue weighted by Gasteiger charge is -2.63. The molecule has 5 nitrogen and oxygen atoms in total. The summed E-state index contributed by atoms with van der Waals surface area (Å²) in [6.45, 7) is 13.4. The highest BCUT2D eigenvalue weighted by molar-refractivity contribution is 5.70.